The van der Waals surface area contributed by atoms with Gasteiger partial charge in [0.15, 0.2) is 0 Å². The van der Waals surface area contributed by atoms with Crippen LogP contribution in [0.15, 0.2) is 29.2 Å². The summed E-state index contributed by atoms with van der Waals surface area (Å²) in [6.45, 7) is 1.21. The summed E-state index contributed by atoms with van der Waals surface area (Å²) in [5, 5.41) is 0. The second-order valence-corrected chi connectivity index (χ2v) is 6.14. The molecule has 1 aromatic carbocycles. The van der Waals surface area contributed by atoms with E-state index in [2.05, 4.69) is 15.9 Å². The fourth-order valence-corrected chi connectivity index (χ4v) is 2.67. The van der Waals surface area contributed by atoms with E-state index in [1.807, 2.05) is 30.5 Å². The molecule has 0 aliphatic carbocycles. The predicted octanol–water partition coefficient (Wildman–Crippen LogP) is 2.89. The molecule has 1 aromatic rings. The third kappa shape index (κ3) is 4.63. The van der Waals surface area contributed by atoms with Crippen LogP contribution in [0.1, 0.15) is 10.4 Å². The Kier molecular flexibility index (Phi) is 6.75. The van der Waals surface area contributed by atoms with Crippen molar-refractivity contribution in [2.45, 2.75) is 9.72 Å². The number of benzene rings is 1. The quantitative estimate of drug-likeness (QED) is 0.593. The molecule has 18 heavy (non-hydrogen) atoms. The number of alkyl halides is 1. The number of carbonyl (C=O) groups excluding carboxylic acids is 1. The summed E-state index contributed by atoms with van der Waals surface area (Å²) < 4.78 is 5.03. The van der Waals surface area contributed by atoms with E-state index < -0.39 is 0 Å². The van der Waals surface area contributed by atoms with Crippen molar-refractivity contribution in [3.05, 3.63) is 29.8 Å². The van der Waals surface area contributed by atoms with Gasteiger partial charge in [-0.05, 0) is 30.5 Å². The Morgan fingerprint density at radius 3 is 2.56 bits per heavy atom. The van der Waals surface area contributed by atoms with Gasteiger partial charge in [0.1, 0.15) is 0 Å². The van der Waals surface area contributed by atoms with E-state index >= 15 is 0 Å². The van der Waals surface area contributed by atoms with Gasteiger partial charge in [-0.1, -0.05) is 15.9 Å². The Bertz CT molecular complexity index is 383. The first kappa shape index (κ1) is 15.5. The number of nitrogens with zero attached hydrogens (tertiary/aromatic N) is 1. The highest BCUT2D eigenvalue weighted by Crippen LogP contribution is 2.16. The van der Waals surface area contributed by atoms with Crippen LogP contribution in [0.2, 0.25) is 0 Å². The lowest BCUT2D eigenvalue weighted by Crippen LogP contribution is -2.33. The Hall–Kier alpha value is -0.520. The molecule has 0 aromatic heterocycles. The number of hydrogen-bond donors (Lipinski definition) is 0. The van der Waals surface area contributed by atoms with Crippen LogP contribution in [0, 0.1) is 0 Å². The van der Waals surface area contributed by atoms with Crippen molar-refractivity contribution in [1.82, 2.24) is 4.90 Å². The molecule has 0 aliphatic rings. The summed E-state index contributed by atoms with van der Waals surface area (Å²) in [7, 11) is 3.45. The SMILES string of the molecule is COCC(Br)CN(C)C(=O)c1ccc(SC)cc1. The van der Waals surface area contributed by atoms with E-state index in [0.29, 0.717) is 18.7 Å². The highest BCUT2D eigenvalue weighted by atomic mass is 79.9. The van der Waals surface area contributed by atoms with E-state index in [1.54, 1.807) is 30.8 Å². The van der Waals surface area contributed by atoms with Crippen molar-refractivity contribution in [3.8, 4) is 0 Å². The molecular formula is C13H18BrNO2S. The minimum absolute atomic E-state index is 0.0307. The van der Waals surface area contributed by atoms with Crippen LogP contribution in [0.3, 0.4) is 0 Å². The van der Waals surface area contributed by atoms with Gasteiger partial charge in [-0.3, -0.25) is 4.79 Å². The highest BCUT2D eigenvalue weighted by Gasteiger charge is 2.15. The lowest BCUT2D eigenvalue weighted by Gasteiger charge is -2.20. The summed E-state index contributed by atoms with van der Waals surface area (Å²) in [4.78, 5) is 15.2. The molecule has 0 N–H and O–H groups in total. The molecule has 1 rings (SSSR count). The maximum Gasteiger partial charge on any atom is 0.253 e. The number of rotatable bonds is 6. The van der Waals surface area contributed by atoms with Crippen LogP contribution in [-0.4, -0.2) is 49.2 Å². The fraction of sp³-hybridized carbons (Fsp3) is 0.462. The second kappa shape index (κ2) is 7.81. The number of amides is 1. The molecule has 0 radical (unpaired) electrons. The van der Waals surface area contributed by atoms with Gasteiger partial charge >= 0.3 is 0 Å². The topological polar surface area (TPSA) is 29.5 Å². The summed E-state index contributed by atoms with van der Waals surface area (Å²) in [5.41, 5.74) is 0.715. The van der Waals surface area contributed by atoms with Crippen molar-refractivity contribution in [3.63, 3.8) is 0 Å². The molecule has 0 spiro atoms. The Morgan fingerprint density at radius 2 is 2.06 bits per heavy atom. The lowest BCUT2D eigenvalue weighted by molar-refractivity contribution is 0.0784. The molecule has 0 heterocycles. The maximum atomic E-state index is 12.1. The average Bonchev–Trinajstić information content (AvgIpc) is 2.38. The Labute approximate surface area is 121 Å². The van der Waals surface area contributed by atoms with Crippen molar-refractivity contribution >= 4 is 33.6 Å². The lowest BCUT2D eigenvalue weighted by atomic mass is 10.2. The van der Waals surface area contributed by atoms with Crippen LogP contribution in [0.4, 0.5) is 0 Å². The normalized spacial score (nSPS) is 12.2. The van der Waals surface area contributed by atoms with Gasteiger partial charge in [-0.2, -0.15) is 0 Å². The predicted molar refractivity (Wildman–Crippen MR) is 79.8 cm³/mol. The number of methoxy groups -OCH3 is 1. The summed E-state index contributed by atoms with van der Waals surface area (Å²) in [5.74, 6) is 0.0307. The van der Waals surface area contributed by atoms with E-state index in [4.69, 9.17) is 4.74 Å². The van der Waals surface area contributed by atoms with Crippen molar-refractivity contribution in [1.29, 1.82) is 0 Å². The van der Waals surface area contributed by atoms with Gasteiger partial charge in [0.2, 0.25) is 0 Å². The first-order chi connectivity index (χ1) is 8.58. The summed E-state index contributed by atoms with van der Waals surface area (Å²) in [6.07, 6.45) is 2.02. The first-order valence-corrected chi connectivity index (χ1v) is 7.75. The Morgan fingerprint density at radius 1 is 1.44 bits per heavy atom. The largest absolute Gasteiger partial charge is 0.383 e. The molecule has 0 bridgehead atoms. The standard InChI is InChI=1S/C13H18BrNO2S/c1-15(8-11(14)9-17-2)13(16)10-4-6-12(18-3)7-5-10/h4-7,11H,8-9H2,1-3H3. The van der Waals surface area contributed by atoms with Crippen LogP contribution in [0.25, 0.3) is 0 Å². The smallest absolute Gasteiger partial charge is 0.253 e. The fourth-order valence-electron chi connectivity index (χ4n) is 1.57. The zero-order valence-corrected chi connectivity index (χ0v) is 13.3. The van der Waals surface area contributed by atoms with Crippen LogP contribution in [0.5, 0.6) is 0 Å². The van der Waals surface area contributed by atoms with Crippen LogP contribution >= 0.6 is 27.7 Å². The Balaban J connectivity index is 2.62. The van der Waals surface area contributed by atoms with Gasteiger partial charge in [0.25, 0.3) is 5.91 Å². The molecule has 0 fully saturated rings. The molecule has 5 heteroatoms. The van der Waals surface area contributed by atoms with Crippen LogP contribution < -0.4 is 0 Å². The second-order valence-electron chi connectivity index (χ2n) is 3.97. The number of carbonyl (C=O) groups is 1. The molecule has 3 nitrogen and oxygen atoms in total. The average molecular weight is 332 g/mol. The zero-order chi connectivity index (χ0) is 13.5. The van der Waals surface area contributed by atoms with E-state index in [0.717, 1.165) is 4.90 Å². The maximum absolute atomic E-state index is 12.1. The molecular weight excluding hydrogens is 314 g/mol. The first-order valence-electron chi connectivity index (χ1n) is 5.61. The van der Waals surface area contributed by atoms with Gasteiger partial charge in [0.05, 0.1) is 11.4 Å². The van der Waals surface area contributed by atoms with Crippen LogP contribution in [-0.2, 0) is 4.74 Å². The van der Waals surface area contributed by atoms with Crippen molar-refractivity contribution in [2.24, 2.45) is 0 Å². The molecule has 1 atom stereocenters. The number of hydrogen-bond acceptors (Lipinski definition) is 3. The molecule has 1 unspecified atom stereocenters. The monoisotopic (exact) mass is 331 g/mol. The summed E-state index contributed by atoms with van der Waals surface area (Å²) >= 11 is 5.15. The molecule has 0 saturated heterocycles. The third-order valence-electron chi connectivity index (χ3n) is 2.50. The molecule has 0 aliphatic heterocycles. The number of halogens is 1. The van der Waals surface area contributed by atoms with Crippen molar-refractivity contribution < 1.29 is 9.53 Å². The number of ether oxygens (including phenoxy) is 1. The number of thioether (sulfide) groups is 1. The molecule has 1 amide bonds. The van der Waals surface area contributed by atoms with Gasteiger partial charge in [-0.15, -0.1) is 11.8 Å². The third-order valence-corrected chi connectivity index (χ3v) is 3.80. The van der Waals surface area contributed by atoms with E-state index in [9.17, 15) is 4.79 Å². The van der Waals surface area contributed by atoms with Gasteiger partial charge in [0, 0.05) is 31.2 Å². The van der Waals surface area contributed by atoms with Crippen molar-refractivity contribution in [2.75, 3.05) is 33.6 Å². The van der Waals surface area contributed by atoms with Gasteiger partial charge in [-0.25, -0.2) is 0 Å². The highest BCUT2D eigenvalue weighted by molar-refractivity contribution is 9.09. The summed E-state index contributed by atoms with van der Waals surface area (Å²) in [6, 6.07) is 7.66. The molecule has 100 valence electrons. The van der Waals surface area contributed by atoms with E-state index in [1.165, 1.54) is 0 Å². The minimum atomic E-state index is 0.0307. The van der Waals surface area contributed by atoms with E-state index in [-0.39, 0.29) is 10.7 Å². The minimum Gasteiger partial charge on any atom is -0.383 e. The molecule has 0 saturated carbocycles. The van der Waals surface area contributed by atoms with Gasteiger partial charge < -0.3 is 9.64 Å². The zero-order valence-electron chi connectivity index (χ0n) is 10.9.